The number of hydrogen-bond donors (Lipinski definition) is 3. The van der Waals surface area contributed by atoms with E-state index >= 15 is 0 Å². The third-order valence-electron chi connectivity index (χ3n) is 2.59. The van der Waals surface area contributed by atoms with Crippen LogP contribution in [0.5, 0.6) is 0 Å². The molecule has 0 fully saturated rings. The summed E-state index contributed by atoms with van der Waals surface area (Å²) in [5.74, 6) is -2.73. The van der Waals surface area contributed by atoms with Gasteiger partial charge in [-0.2, -0.15) is 0 Å². The van der Waals surface area contributed by atoms with E-state index in [-0.39, 0.29) is 31.9 Å². The number of carboxylic acids is 2. The Kier molecular flexibility index (Phi) is 3.94. The molecule has 1 aromatic carbocycles. The lowest BCUT2D eigenvalue weighted by Gasteiger charge is -2.06. The van der Waals surface area contributed by atoms with Gasteiger partial charge in [-0.15, -0.1) is 0 Å². The van der Waals surface area contributed by atoms with Gasteiger partial charge >= 0.3 is 11.9 Å². The minimum atomic E-state index is -1.37. The van der Waals surface area contributed by atoms with E-state index in [0.29, 0.717) is 0 Å². The molecule has 0 radical (unpaired) electrons. The first-order valence-electron chi connectivity index (χ1n) is 5.17. The predicted octanol–water partition coefficient (Wildman–Crippen LogP) is 4.04. The molecular formula is C12H6Cl3NO4. The number of benzene rings is 1. The highest BCUT2D eigenvalue weighted by Crippen LogP contribution is 2.40. The molecule has 0 aliphatic carbocycles. The van der Waals surface area contributed by atoms with Crippen LogP contribution < -0.4 is 0 Å². The summed E-state index contributed by atoms with van der Waals surface area (Å²) in [5.41, 5.74) is -0.555. The smallest absolute Gasteiger partial charge is 0.353 e. The fourth-order valence-electron chi connectivity index (χ4n) is 1.73. The Morgan fingerprint density at radius 1 is 0.950 bits per heavy atom. The molecule has 8 heteroatoms. The summed E-state index contributed by atoms with van der Waals surface area (Å²) in [6, 6.07) is 4.58. The summed E-state index contributed by atoms with van der Waals surface area (Å²) in [6.45, 7) is 0. The number of rotatable bonds is 3. The van der Waals surface area contributed by atoms with Crippen LogP contribution in [-0.4, -0.2) is 27.1 Å². The van der Waals surface area contributed by atoms with Crippen LogP contribution in [-0.2, 0) is 0 Å². The Bertz CT molecular complexity index is 724. The number of carboxylic acid groups (broad SMARTS) is 2. The molecule has 1 aromatic heterocycles. The Balaban J connectivity index is 2.82. The summed E-state index contributed by atoms with van der Waals surface area (Å²) in [6.07, 6.45) is 0. The minimum Gasteiger partial charge on any atom is -0.477 e. The second-order valence-electron chi connectivity index (χ2n) is 3.78. The molecule has 0 saturated heterocycles. The van der Waals surface area contributed by atoms with E-state index in [9.17, 15) is 9.59 Å². The Morgan fingerprint density at radius 2 is 1.55 bits per heavy atom. The van der Waals surface area contributed by atoms with Crippen molar-refractivity contribution >= 4 is 46.7 Å². The molecule has 3 N–H and O–H groups in total. The van der Waals surface area contributed by atoms with E-state index in [2.05, 4.69) is 4.98 Å². The monoisotopic (exact) mass is 333 g/mol. The van der Waals surface area contributed by atoms with Gasteiger partial charge in [0.1, 0.15) is 11.4 Å². The van der Waals surface area contributed by atoms with Crippen molar-refractivity contribution in [2.45, 2.75) is 0 Å². The number of halogens is 3. The van der Waals surface area contributed by atoms with Crippen LogP contribution in [0.4, 0.5) is 0 Å². The van der Waals surface area contributed by atoms with Crippen LogP contribution in [0.3, 0.4) is 0 Å². The second-order valence-corrected chi connectivity index (χ2v) is 4.94. The second kappa shape index (κ2) is 5.36. The van der Waals surface area contributed by atoms with Crippen molar-refractivity contribution in [3.63, 3.8) is 0 Å². The first-order valence-corrected chi connectivity index (χ1v) is 6.30. The van der Waals surface area contributed by atoms with Crippen LogP contribution in [0, 0.1) is 0 Å². The number of hydrogen-bond acceptors (Lipinski definition) is 2. The van der Waals surface area contributed by atoms with Gasteiger partial charge in [0.25, 0.3) is 0 Å². The van der Waals surface area contributed by atoms with Crippen LogP contribution in [0.2, 0.25) is 15.1 Å². The fraction of sp³-hybridized carbons (Fsp3) is 0. The highest BCUT2D eigenvalue weighted by atomic mass is 35.5. The number of aromatic amines is 1. The molecular weight excluding hydrogens is 328 g/mol. The van der Waals surface area contributed by atoms with Gasteiger partial charge in [0.2, 0.25) is 0 Å². The van der Waals surface area contributed by atoms with Crippen molar-refractivity contribution in [2.24, 2.45) is 0 Å². The van der Waals surface area contributed by atoms with E-state index < -0.39 is 17.6 Å². The van der Waals surface area contributed by atoms with E-state index in [1.54, 1.807) is 6.07 Å². The van der Waals surface area contributed by atoms with Crippen molar-refractivity contribution in [1.82, 2.24) is 4.98 Å². The lowest BCUT2D eigenvalue weighted by Crippen LogP contribution is -2.01. The Hall–Kier alpha value is -1.69. The quantitative estimate of drug-likeness (QED) is 0.790. The predicted molar refractivity (Wildman–Crippen MR) is 75.2 cm³/mol. The summed E-state index contributed by atoms with van der Waals surface area (Å²) < 4.78 is 0. The van der Waals surface area contributed by atoms with Gasteiger partial charge < -0.3 is 15.2 Å². The SMILES string of the molecule is O=C(O)c1[nH]c(C(=O)O)c(-c2cccc(Cl)c2Cl)c1Cl. The van der Waals surface area contributed by atoms with Crippen molar-refractivity contribution in [3.8, 4) is 11.1 Å². The van der Waals surface area contributed by atoms with Gasteiger partial charge in [-0.3, -0.25) is 0 Å². The van der Waals surface area contributed by atoms with E-state index in [4.69, 9.17) is 45.0 Å². The number of H-pyrrole nitrogens is 1. The topological polar surface area (TPSA) is 90.4 Å². The average molecular weight is 335 g/mol. The normalized spacial score (nSPS) is 10.6. The standard InChI is InChI=1S/C12H6Cl3NO4/c13-5-3-1-2-4(7(5)14)6-8(15)10(12(19)20)16-9(6)11(17)18/h1-3,16H,(H,17,18)(H,19,20). The van der Waals surface area contributed by atoms with E-state index in [0.717, 1.165) is 0 Å². The number of nitrogens with one attached hydrogen (secondary N) is 1. The molecule has 1 heterocycles. The molecule has 0 saturated carbocycles. The lowest BCUT2D eigenvalue weighted by molar-refractivity contribution is 0.0690. The van der Waals surface area contributed by atoms with Gasteiger partial charge in [0.15, 0.2) is 0 Å². The molecule has 0 aliphatic heterocycles. The zero-order valence-electron chi connectivity index (χ0n) is 9.58. The molecule has 0 spiro atoms. The molecule has 20 heavy (non-hydrogen) atoms. The molecule has 0 bridgehead atoms. The lowest BCUT2D eigenvalue weighted by atomic mass is 10.1. The zero-order chi connectivity index (χ0) is 15.0. The first-order chi connectivity index (χ1) is 9.34. The Labute approximate surface area is 127 Å². The molecule has 0 unspecified atom stereocenters. The fourth-order valence-corrected chi connectivity index (χ4v) is 2.45. The maximum absolute atomic E-state index is 11.2. The van der Waals surface area contributed by atoms with Gasteiger partial charge in [-0.1, -0.05) is 46.9 Å². The van der Waals surface area contributed by atoms with Crippen LogP contribution in [0.15, 0.2) is 18.2 Å². The largest absolute Gasteiger partial charge is 0.477 e. The number of aromatic nitrogens is 1. The minimum absolute atomic E-state index is 0.0101. The van der Waals surface area contributed by atoms with Crippen LogP contribution in [0.25, 0.3) is 11.1 Å². The molecule has 104 valence electrons. The van der Waals surface area contributed by atoms with Gasteiger partial charge in [0.05, 0.1) is 15.1 Å². The molecule has 5 nitrogen and oxygen atoms in total. The third kappa shape index (κ3) is 2.35. The molecule has 0 amide bonds. The summed E-state index contributed by atoms with van der Waals surface area (Å²) in [4.78, 5) is 24.5. The molecule has 0 atom stereocenters. The maximum Gasteiger partial charge on any atom is 0.353 e. The van der Waals surface area contributed by atoms with Gasteiger partial charge in [-0.05, 0) is 6.07 Å². The van der Waals surface area contributed by atoms with Gasteiger partial charge in [-0.25, -0.2) is 9.59 Å². The van der Waals surface area contributed by atoms with Gasteiger partial charge in [0, 0.05) is 11.1 Å². The van der Waals surface area contributed by atoms with Crippen molar-refractivity contribution in [2.75, 3.05) is 0 Å². The van der Waals surface area contributed by atoms with E-state index in [1.165, 1.54) is 12.1 Å². The summed E-state index contributed by atoms with van der Waals surface area (Å²) in [7, 11) is 0. The Morgan fingerprint density at radius 3 is 2.10 bits per heavy atom. The van der Waals surface area contributed by atoms with E-state index in [1.807, 2.05) is 0 Å². The number of aromatic carboxylic acids is 2. The zero-order valence-corrected chi connectivity index (χ0v) is 11.8. The molecule has 2 aromatic rings. The number of carbonyl (C=O) groups is 2. The highest BCUT2D eigenvalue weighted by molar-refractivity contribution is 6.45. The van der Waals surface area contributed by atoms with Crippen LogP contribution >= 0.6 is 34.8 Å². The van der Waals surface area contributed by atoms with Crippen molar-refractivity contribution in [1.29, 1.82) is 0 Å². The molecule has 0 aliphatic rings. The van der Waals surface area contributed by atoms with Crippen molar-refractivity contribution < 1.29 is 19.8 Å². The first kappa shape index (κ1) is 14.7. The highest BCUT2D eigenvalue weighted by Gasteiger charge is 2.26. The van der Waals surface area contributed by atoms with Crippen molar-refractivity contribution in [3.05, 3.63) is 44.7 Å². The summed E-state index contributed by atoms with van der Waals surface area (Å²) in [5, 5.41) is 18.2. The summed E-state index contributed by atoms with van der Waals surface area (Å²) >= 11 is 17.8. The van der Waals surface area contributed by atoms with Crippen LogP contribution in [0.1, 0.15) is 21.0 Å². The average Bonchev–Trinajstić information content (AvgIpc) is 2.71. The third-order valence-corrected chi connectivity index (χ3v) is 3.78. The maximum atomic E-state index is 11.2. The molecule has 2 rings (SSSR count).